The number of aromatic nitrogens is 1. The highest BCUT2D eigenvalue weighted by atomic mass is 32.2. The number of rotatable bonds is 1. The summed E-state index contributed by atoms with van der Waals surface area (Å²) in [6, 6.07) is 2.82. The van der Waals surface area contributed by atoms with Gasteiger partial charge in [-0.3, -0.25) is 4.55 Å². The molecule has 0 saturated carbocycles. The first kappa shape index (κ1) is 8.16. The number of hydrogen-bond acceptors (Lipinski definition) is 3. The number of aryl methyl sites for hydroxylation is 1. The summed E-state index contributed by atoms with van der Waals surface area (Å²) < 4.78 is 29.4. The largest absolute Gasteiger partial charge is 0.312 e. The normalized spacial score (nSPS) is 11.5. The summed E-state index contributed by atoms with van der Waals surface area (Å²) in [7, 11) is -4.13. The van der Waals surface area contributed by atoms with E-state index in [1.807, 2.05) is 0 Å². The van der Waals surface area contributed by atoms with Crippen LogP contribution in [0.25, 0.3) is 0 Å². The molecule has 0 spiro atoms. The predicted octanol–water partition coefficient (Wildman–Crippen LogP) is 0.637. The molecule has 4 nitrogen and oxygen atoms in total. The van der Waals surface area contributed by atoms with Crippen LogP contribution in [0.15, 0.2) is 23.4 Å². The average Bonchev–Trinajstić information content (AvgIpc) is 1.86. The van der Waals surface area contributed by atoms with Crippen LogP contribution in [0.1, 0.15) is 5.56 Å². The lowest BCUT2D eigenvalue weighted by Gasteiger charge is -1.94. The van der Waals surface area contributed by atoms with E-state index in [4.69, 9.17) is 4.55 Å². The highest BCUT2D eigenvalue weighted by Crippen LogP contribution is 2.04. The van der Waals surface area contributed by atoms with Crippen molar-refractivity contribution in [2.24, 2.45) is 0 Å². The Bertz CT molecular complexity index is 341. The molecule has 0 radical (unpaired) electrons. The zero-order chi connectivity index (χ0) is 8.48. The Morgan fingerprint density at radius 2 is 2.09 bits per heavy atom. The molecule has 0 atom stereocenters. The molecule has 1 aromatic heterocycles. The lowest BCUT2D eigenvalue weighted by molar-refractivity contribution is 0.479. The fourth-order valence-electron chi connectivity index (χ4n) is 0.607. The van der Waals surface area contributed by atoms with Crippen molar-refractivity contribution in [1.29, 1.82) is 0 Å². The van der Waals surface area contributed by atoms with Crippen LogP contribution in [0.4, 0.5) is 0 Å². The minimum Gasteiger partial charge on any atom is -0.281 e. The molecular formula is C6H7NO3S. The zero-order valence-corrected chi connectivity index (χ0v) is 6.67. The van der Waals surface area contributed by atoms with Crippen LogP contribution in [-0.2, 0) is 10.1 Å². The smallest absolute Gasteiger partial charge is 0.281 e. The van der Waals surface area contributed by atoms with E-state index in [1.54, 1.807) is 13.0 Å². The molecule has 1 heterocycles. The molecule has 60 valence electrons. The van der Waals surface area contributed by atoms with Gasteiger partial charge in [-0.25, -0.2) is 4.98 Å². The summed E-state index contributed by atoms with van der Waals surface area (Å²) in [6.45, 7) is 1.78. The molecule has 1 N–H and O–H groups in total. The summed E-state index contributed by atoms with van der Waals surface area (Å²) in [5.74, 6) is 0. The third-order valence-electron chi connectivity index (χ3n) is 1.15. The molecule has 0 aliphatic carbocycles. The molecule has 0 bridgehead atoms. The fraction of sp³-hybridized carbons (Fsp3) is 0.167. The van der Waals surface area contributed by atoms with Crippen molar-refractivity contribution in [3.05, 3.63) is 23.9 Å². The summed E-state index contributed by atoms with van der Waals surface area (Å²) in [5, 5.41) is -0.317. The first-order valence-corrected chi connectivity index (χ1v) is 4.34. The Kier molecular flexibility index (Phi) is 1.92. The van der Waals surface area contributed by atoms with Crippen LogP contribution in [0.3, 0.4) is 0 Å². The summed E-state index contributed by atoms with van der Waals surface area (Å²) in [6.07, 6.45) is 1.38. The van der Waals surface area contributed by atoms with Crippen LogP contribution >= 0.6 is 0 Å². The SMILES string of the molecule is Cc1ccc(S(=O)(=O)O)nc1. The van der Waals surface area contributed by atoms with Crippen molar-refractivity contribution < 1.29 is 13.0 Å². The van der Waals surface area contributed by atoms with Gasteiger partial charge in [0.1, 0.15) is 0 Å². The minimum atomic E-state index is -4.13. The van der Waals surface area contributed by atoms with Crippen molar-refractivity contribution in [2.45, 2.75) is 11.9 Å². The molecular weight excluding hydrogens is 166 g/mol. The van der Waals surface area contributed by atoms with Gasteiger partial charge in [0.25, 0.3) is 0 Å². The molecule has 0 amide bonds. The van der Waals surface area contributed by atoms with Gasteiger partial charge in [0, 0.05) is 6.20 Å². The maximum Gasteiger partial charge on any atom is 0.312 e. The third kappa shape index (κ3) is 1.99. The second-order valence-electron chi connectivity index (χ2n) is 2.15. The Labute approximate surface area is 64.6 Å². The maximum absolute atomic E-state index is 10.4. The number of pyridine rings is 1. The molecule has 5 heteroatoms. The molecule has 0 aromatic carbocycles. The van der Waals surface area contributed by atoms with Gasteiger partial charge < -0.3 is 0 Å². The first-order chi connectivity index (χ1) is 5.00. The van der Waals surface area contributed by atoms with E-state index in [0.29, 0.717) is 0 Å². The molecule has 1 rings (SSSR count). The van der Waals surface area contributed by atoms with E-state index in [2.05, 4.69) is 4.98 Å². The minimum absolute atomic E-state index is 0.317. The quantitative estimate of drug-likeness (QED) is 0.633. The highest BCUT2D eigenvalue weighted by molar-refractivity contribution is 7.85. The Morgan fingerprint density at radius 3 is 2.45 bits per heavy atom. The molecule has 0 aliphatic rings. The van der Waals surface area contributed by atoms with Crippen molar-refractivity contribution in [2.75, 3.05) is 0 Å². The fourth-order valence-corrected chi connectivity index (χ4v) is 1.03. The van der Waals surface area contributed by atoms with Crippen LogP contribution in [0, 0.1) is 6.92 Å². The van der Waals surface area contributed by atoms with Gasteiger partial charge in [-0.05, 0) is 18.6 Å². The molecule has 1 aromatic rings. The summed E-state index contributed by atoms with van der Waals surface area (Å²) >= 11 is 0. The van der Waals surface area contributed by atoms with Crippen LogP contribution < -0.4 is 0 Å². The van der Waals surface area contributed by atoms with E-state index in [9.17, 15) is 8.42 Å². The van der Waals surface area contributed by atoms with Gasteiger partial charge in [0.05, 0.1) is 0 Å². The van der Waals surface area contributed by atoms with Gasteiger partial charge in [-0.15, -0.1) is 0 Å². The van der Waals surface area contributed by atoms with Crippen molar-refractivity contribution in [3.63, 3.8) is 0 Å². The van der Waals surface area contributed by atoms with E-state index in [0.717, 1.165) is 5.56 Å². The lowest BCUT2D eigenvalue weighted by Crippen LogP contribution is -2.00. The molecule has 0 unspecified atom stereocenters. The van der Waals surface area contributed by atoms with E-state index in [-0.39, 0.29) is 5.03 Å². The van der Waals surface area contributed by atoms with Crippen molar-refractivity contribution in [1.82, 2.24) is 4.98 Å². The Balaban J connectivity index is 3.20. The van der Waals surface area contributed by atoms with Crippen LogP contribution in [0.2, 0.25) is 0 Å². The standard InChI is InChI=1S/C6H7NO3S/c1-5-2-3-6(7-4-5)11(8,9)10/h2-4H,1H3,(H,8,9,10). The Morgan fingerprint density at radius 1 is 1.45 bits per heavy atom. The van der Waals surface area contributed by atoms with E-state index in [1.165, 1.54) is 12.3 Å². The second kappa shape index (κ2) is 2.60. The maximum atomic E-state index is 10.4. The number of nitrogens with zero attached hydrogens (tertiary/aromatic N) is 1. The molecule has 0 aliphatic heterocycles. The van der Waals surface area contributed by atoms with Gasteiger partial charge >= 0.3 is 10.1 Å². The van der Waals surface area contributed by atoms with E-state index < -0.39 is 10.1 Å². The number of hydrogen-bond donors (Lipinski definition) is 1. The molecule has 11 heavy (non-hydrogen) atoms. The van der Waals surface area contributed by atoms with Gasteiger partial charge in [-0.1, -0.05) is 6.07 Å². The monoisotopic (exact) mass is 173 g/mol. The average molecular weight is 173 g/mol. The van der Waals surface area contributed by atoms with Gasteiger partial charge in [0.15, 0.2) is 5.03 Å². The second-order valence-corrected chi connectivity index (χ2v) is 3.52. The predicted molar refractivity (Wildman–Crippen MR) is 38.8 cm³/mol. The molecule has 0 fully saturated rings. The van der Waals surface area contributed by atoms with Crippen molar-refractivity contribution in [3.8, 4) is 0 Å². The summed E-state index contributed by atoms with van der Waals surface area (Å²) in [5.41, 5.74) is 0.845. The molecule has 0 saturated heterocycles. The first-order valence-electron chi connectivity index (χ1n) is 2.90. The van der Waals surface area contributed by atoms with Crippen LogP contribution in [-0.4, -0.2) is 18.0 Å². The van der Waals surface area contributed by atoms with E-state index >= 15 is 0 Å². The Hall–Kier alpha value is -0.940. The summed E-state index contributed by atoms with van der Waals surface area (Å²) in [4.78, 5) is 3.51. The third-order valence-corrected chi connectivity index (χ3v) is 1.92. The van der Waals surface area contributed by atoms with Crippen molar-refractivity contribution >= 4 is 10.1 Å². The lowest BCUT2D eigenvalue weighted by atomic mass is 10.3. The van der Waals surface area contributed by atoms with Crippen LogP contribution in [0.5, 0.6) is 0 Å². The van der Waals surface area contributed by atoms with Gasteiger partial charge in [0.2, 0.25) is 0 Å². The highest BCUT2D eigenvalue weighted by Gasteiger charge is 2.08. The topological polar surface area (TPSA) is 67.3 Å². The van der Waals surface area contributed by atoms with Gasteiger partial charge in [-0.2, -0.15) is 8.42 Å². The zero-order valence-electron chi connectivity index (χ0n) is 5.85.